The first-order valence-corrected chi connectivity index (χ1v) is 10.7. The first kappa shape index (κ1) is 19.0. The van der Waals surface area contributed by atoms with Crippen molar-refractivity contribution in [3.63, 3.8) is 0 Å². The molecule has 9 heteroatoms. The lowest BCUT2D eigenvalue weighted by Gasteiger charge is -2.11. The molecule has 0 aliphatic carbocycles. The van der Waals surface area contributed by atoms with Gasteiger partial charge in [0.2, 0.25) is 0 Å². The first-order chi connectivity index (χ1) is 14.6. The van der Waals surface area contributed by atoms with Crippen molar-refractivity contribution in [1.29, 1.82) is 0 Å². The quantitative estimate of drug-likeness (QED) is 0.513. The largest absolute Gasteiger partial charge is 0.376 e. The number of ether oxygens (including phenoxy) is 1. The number of aryl methyl sites for hydroxylation is 1. The molecule has 1 aromatic carbocycles. The van der Waals surface area contributed by atoms with Crippen molar-refractivity contribution < 1.29 is 9.53 Å². The molecule has 4 aromatic rings. The van der Waals surface area contributed by atoms with Gasteiger partial charge in [-0.05, 0) is 25.0 Å². The fraction of sp³-hybridized carbons (Fsp3) is 0.333. The number of hydrogen-bond donors (Lipinski definition) is 2. The molecule has 5 rings (SSSR count). The van der Waals surface area contributed by atoms with Crippen molar-refractivity contribution in [2.45, 2.75) is 18.9 Å². The van der Waals surface area contributed by atoms with Crippen LogP contribution in [0.15, 0.2) is 30.6 Å². The van der Waals surface area contributed by atoms with Crippen molar-refractivity contribution >= 4 is 44.4 Å². The fourth-order valence-electron chi connectivity index (χ4n) is 3.78. The number of amides is 1. The highest BCUT2D eigenvalue weighted by Crippen LogP contribution is 2.35. The Morgan fingerprint density at radius 2 is 2.23 bits per heavy atom. The van der Waals surface area contributed by atoms with E-state index < -0.39 is 0 Å². The Morgan fingerprint density at radius 3 is 3.03 bits per heavy atom. The number of imidazole rings is 1. The third kappa shape index (κ3) is 3.29. The van der Waals surface area contributed by atoms with E-state index in [2.05, 4.69) is 20.6 Å². The summed E-state index contributed by atoms with van der Waals surface area (Å²) in [6.45, 7) is 1.32. The van der Waals surface area contributed by atoms with Crippen molar-refractivity contribution in [2.24, 2.45) is 7.05 Å². The molecule has 3 aromatic heterocycles. The van der Waals surface area contributed by atoms with Gasteiger partial charge in [0, 0.05) is 38.4 Å². The molecule has 1 atom stereocenters. The average Bonchev–Trinajstić information content (AvgIpc) is 3.51. The second kappa shape index (κ2) is 7.66. The van der Waals surface area contributed by atoms with E-state index in [4.69, 9.17) is 9.72 Å². The van der Waals surface area contributed by atoms with E-state index in [0.29, 0.717) is 12.1 Å². The van der Waals surface area contributed by atoms with Gasteiger partial charge in [0.05, 0.1) is 12.4 Å². The number of carbonyl (C=O) groups excluding carboxylic acids is 1. The summed E-state index contributed by atoms with van der Waals surface area (Å²) in [5.41, 5.74) is 4.06. The molecule has 1 amide bonds. The van der Waals surface area contributed by atoms with Crippen LogP contribution in [0.4, 0.5) is 5.82 Å². The van der Waals surface area contributed by atoms with Crippen LogP contribution < -0.4 is 10.6 Å². The lowest BCUT2D eigenvalue weighted by molar-refractivity contribution is 0.0858. The van der Waals surface area contributed by atoms with Crippen molar-refractivity contribution in [3.8, 4) is 10.6 Å². The number of thiazole rings is 1. The lowest BCUT2D eigenvalue weighted by Crippen LogP contribution is -2.31. The summed E-state index contributed by atoms with van der Waals surface area (Å²) in [6.07, 6.45) is 3.94. The third-order valence-corrected chi connectivity index (χ3v) is 6.33. The number of nitrogens with zero attached hydrogens (tertiary/aromatic N) is 4. The molecule has 154 valence electrons. The van der Waals surface area contributed by atoms with E-state index in [1.807, 2.05) is 42.9 Å². The Balaban J connectivity index is 1.48. The summed E-state index contributed by atoms with van der Waals surface area (Å²) in [5, 5.41) is 6.91. The highest BCUT2D eigenvalue weighted by molar-refractivity contribution is 7.21. The molecule has 0 bridgehead atoms. The van der Waals surface area contributed by atoms with Gasteiger partial charge in [-0.3, -0.25) is 4.79 Å². The minimum Gasteiger partial charge on any atom is -0.376 e. The average molecular weight is 423 g/mol. The van der Waals surface area contributed by atoms with Gasteiger partial charge in [0.25, 0.3) is 5.91 Å². The van der Waals surface area contributed by atoms with Gasteiger partial charge in [-0.15, -0.1) is 0 Å². The second-order valence-electron chi connectivity index (χ2n) is 7.36. The maximum Gasteiger partial charge on any atom is 0.251 e. The molecule has 8 nitrogen and oxygen atoms in total. The molecule has 0 radical (unpaired) electrons. The van der Waals surface area contributed by atoms with Crippen LogP contribution in [0.1, 0.15) is 23.2 Å². The van der Waals surface area contributed by atoms with E-state index in [9.17, 15) is 4.79 Å². The molecule has 30 heavy (non-hydrogen) atoms. The van der Waals surface area contributed by atoms with Gasteiger partial charge in [-0.2, -0.15) is 0 Å². The molecule has 0 spiro atoms. The number of benzene rings is 1. The summed E-state index contributed by atoms with van der Waals surface area (Å²) in [6, 6.07) is 7.54. The molecule has 1 fully saturated rings. The van der Waals surface area contributed by atoms with Crippen molar-refractivity contribution in [3.05, 3.63) is 36.2 Å². The molecular formula is C21H22N6O2S. The monoisotopic (exact) mass is 422 g/mol. The molecule has 1 unspecified atom stereocenters. The zero-order valence-electron chi connectivity index (χ0n) is 16.8. The summed E-state index contributed by atoms with van der Waals surface area (Å²) in [5.74, 6) is 0.633. The SMILES string of the molecule is CNc1nc2sc(-c3cccc(C(=O)NCC4CCCO4)c3)nc2c2c1ncn2C. The number of pyridine rings is 1. The number of fused-ring (bicyclic) bond motifs is 3. The minimum absolute atomic E-state index is 0.0990. The zero-order valence-corrected chi connectivity index (χ0v) is 17.6. The molecule has 2 N–H and O–H groups in total. The summed E-state index contributed by atoms with van der Waals surface area (Å²) >= 11 is 1.51. The smallest absolute Gasteiger partial charge is 0.251 e. The van der Waals surface area contributed by atoms with Crippen LogP contribution >= 0.6 is 11.3 Å². The predicted molar refractivity (Wildman–Crippen MR) is 118 cm³/mol. The Labute approximate surface area is 177 Å². The Kier molecular flexibility index (Phi) is 4.84. The van der Waals surface area contributed by atoms with Crippen LogP contribution in [0.2, 0.25) is 0 Å². The van der Waals surface area contributed by atoms with Gasteiger partial charge in [-0.25, -0.2) is 15.0 Å². The number of anilines is 1. The van der Waals surface area contributed by atoms with E-state index in [0.717, 1.165) is 57.2 Å². The topological polar surface area (TPSA) is 94.0 Å². The molecule has 1 saturated heterocycles. The molecular weight excluding hydrogens is 400 g/mol. The van der Waals surface area contributed by atoms with Crippen LogP contribution in [-0.4, -0.2) is 51.7 Å². The van der Waals surface area contributed by atoms with E-state index in [-0.39, 0.29) is 12.0 Å². The second-order valence-corrected chi connectivity index (χ2v) is 8.34. The van der Waals surface area contributed by atoms with Crippen LogP contribution in [0.25, 0.3) is 32.0 Å². The highest BCUT2D eigenvalue weighted by Gasteiger charge is 2.19. The van der Waals surface area contributed by atoms with Crippen LogP contribution in [0.3, 0.4) is 0 Å². The third-order valence-electron chi connectivity index (χ3n) is 5.33. The van der Waals surface area contributed by atoms with Crippen LogP contribution in [0, 0.1) is 0 Å². The number of carbonyl (C=O) groups is 1. The molecule has 1 aliphatic rings. The van der Waals surface area contributed by atoms with Crippen molar-refractivity contribution in [1.82, 2.24) is 24.8 Å². The minimum atomic E-state index is -0.0990. The van der Waals surface area contributed by atoms with Crippen molar-refractivity contribution in [2.75, 3.05) is 25.5 Å². The normalized spacial score (nSPS) is 16.4. The van der Waals surface area contributed by atoms with Gasteiger partial charge in [-0.1, -0.05) is 23.5 Å². The van der Waals surface area contributed by atoms with Crippen LogP contribution in [-0.2, 0) is 11.8 Å². The summed E-state index contributed by atoms with van der Waals surface area (Å²) in [7, 11) is 3.79. The lowest BCUT2D eigenvalue weighted by atomic mass is 10.1. The van der Waals surface area contributed by atoms with E-state index in [1.54, 1.807) is 6.33 Å². The number of aromatic nitrogens is 4. The number of nitrogens with one attached hydrogen (secondary N) is 2. The van der Waals surface area contributed by atoms with Gasteiger partial charge in [0.1, 0.15) is 26.4 Å². The van der Waals surface area contributed by atoms with Gasteiger partial charge in [0.15, 0.2) is 5.82 Å². The first-order valence-electron chi connectivity index (χ1n) is 9.93. The Hall–Kier alpha value is -3.04. The molecule has 1 aliphatic heterocycles. The van der Waals surface area contributed by atoms with E-state index in [1.165, 1.54) is 11.3 Å². The molecule has 0 saturated carbocycles. The summed E-state index contributed by atoms with van der Waals surface area (Å²) < 4.78 is 7.54. The predicted octanol–water partition coefficient (Wildman–Crippen LogP) is 3.20. The van der Waals surface area contributed by atoms with E-state index >= 15 is 0 Å². The standard InChI is InChI=1S/C21H22N6O2S/c1-22-18-15-17(27(2)11-24-15)16-21(26-18)30-20(25-16)13-6-3-5-12(9-13)19(28)23-10-14-7-4-8-29-14/h3,5-6,9,11,14H,4,7-8,10H2,1-2H3,(H,22,26)(H,23,28). The van der Waals surface area contributed by atoms with Gasteiger partial charge >= 0.3 is 0 Å². The zero-order chi connectivity index (χ0) is 20.7. The highest BCUT2D eigenvalue weighted by atomic mass is 32.1. The number of rotatable bonds is 5. The maximum atomic E-state index is 12.6. The maximum absolute atomic E-state index is 12.6. The van der Waals surface area contributed by atoms with Gasteiger partial charge < -0.3 is 19.9 Å². The Morgan fingerprint density at radius 1 is 1.33 bits per heavy atom. The Bertz CT molecular complexity index is 1240. The fourth-order valence-corrected chi connectivity index (χ4v) is 4.73. The van der Waals surface area contributed by atoms with Crippen LogP contribution in [0.5, 0.6) is 0 Å². The number of hydrogen-bond acceptors (Lipinski definition) is 7. The summed E-state index contributed by atoms with van der Waals surface area (Å²) in [4.78, 5) is 27.4. The molecule has 4 heterocycles.